The normalized spacial score (nSPS) is 23.6. The molecule has 0 bridgehead atoms. The molecule has 1 atom stereocenters. The number of ether oxygens (including phenoxy) is 1. The standard InChI is InChI=1S/C47H56FN7O5/c1-45(2)24-30(25-46(3,4)60-45)21-36(31-5-9-39-37(23-31)38(48)27-49-39)32-6-11-41(50-26-32)54-15-13-47(59,14-16-54)29-52-17-19-53(20-18-52)34-7-8-35-33(22-34)28-55(44(35)58)40-10-12-42(56)51-43(40)57/h5-9,11,21-23,26-27,30,40,49,59H,10,12-20,24-25,28-29H2,1-4H3,(H,51,56,57)/t40-/m0/s1. The fraction of sp³-hybridized carbons (Fsp3) is 0.489. The van der Waals surface area contributed by atoms with Crippen molar-refractivity contribution in [2.45, 2.75) is 95.6 Å². The molecule has 2 aromatic carbocycles. The fourth-order valence-corrected chi connectivity index (χ4v) is 10.5. The first-order valence-corrected chi connectivity index (χ1v) is 21.5. The van der Waals surface area contributed by atoms with Crippen molar-refractivity contribution in [1.29, 1.82) is 0 Å². The smallest absolute Gasteiger partial charge is 0.255 e. The number of aromatic amines is 1. The van der Waals surface area contributed by atoms with Crippen LogP contribution in [-0.4, -0.2) is 111 Å². The quantitative estimate of drug-likeness (QED) is 0.182. The topological polar surface area (TPSA) is 134 Å². The summed E-state index contributed by atoms with van der Waals surface area (Å²) in [6.07, 6.45) is 9.29. The number of benzene rings is 2. The Morgan fingerprint density at radius 3 is 2.35 bits per heavy atom. The molecule has 0 unspecified atom stereocenters. The van der Waals surface area contributed by atoms with Crippen molar-refractivity contribution in [2.75, 3.05) is 55.6 Å². The Labute approximate surface area is 350 Å². The van der Waals surface area contributed by atoms with Gasteiger partial charge in [-0.3, -0.25) is 24.6 Å². The molecule has 4 fully saturated rings. The number of hydrogen-bond acceptors (Lipinski definition) is 9. The average molecular weight is 818 g/mol. The molecule has 3 N–H and O–H groups in total. The van der Waals surface area contributed by atoms with Gasteiger partial charge in [0, 0.05) is 98.9 Å². The molecule has 316 valence electrons. The Kier molecular flexibility index (Phi) is 10.4. The van der Waals surface area contributed by atoms with Gasteiger partial charge >= 0.3 is 0 Å². The number of aliphatic hydroxyl groups is 1. The third kappa shape index (κ3) is 8.19. The number of pyridine rings is 1. The largest absolute Gasteiger partial charge is 0.388 e. The zero-order chi connectivity index (χ0) is 42.0. The van der Waals surface area contributed by atoms with E-state index in [2.05, 4.69) is 83.0 Å². The molecule has 0 spiro atoms. The lowest BCUT2D eigenvalue weighted by Gasteiger charge is -2.45. The van der Waals surface area contributed by atoms with Gasteiger partial charge in [-0.2, -0.15) is 0 Å². The van der Waals surface area contributed by atoms with E-state index >= 15 is 0 Å². The van der Waals surface area contributed by atoms with Crippen LogP contribution >= 0.6 is 0 Å². The number of nitrogens with one attached hydrogen (secondary N) is 2. The molecule has 9 rings (SSSR count). The van der Waals surface area contributed by atoms with Crippen LogP contribution in [0.2, 0.25) is 0 Å². The maximum atomic E-state index is 14.8. The first-order chi connectivity index (χ1) is 28.6. The fourth-order valence-electron chi connectivity index (χ4n) is 10.5. The van der Waals surface area contributed by atoms with E-state index in [1.165, 1.54) is 6.20 Å². The number of aromatic nitrogens is 2. The molecule has 7 heterocycles. The van der Waals surface area contributed by atoms with Crippen LogP contribution in [0.15, 0.2) is 67.0 Å². The van der Waals surface area contributed by atoms with Gasteiger partial charge in [-0.1, -0.05) is 12.1 Å². The van der Waals surface area contributed by atoms with Crippen LogP contribution in [0.25, 0.3) is 16.5 Å². The van der Waals surface area contributed by atoms with Gasteiger partial charge in [0.1, 0.15) is 17.7 Å². The maximum Gasteiger partial charge on any atom is 0.255 e. The molecule has 13 heteroatoms. The van der Waals surface area contributed by atoms with Gasteiger partial charge in [0.05, 0.1) is 16.8 Å². The maximum absolute atomic E-state index is 14.8. The van der Waals surface area contributed by atoms with Crippen molar-refractivity contribution < 1.29 is 28.6 Å². The molecule has 2 aromatic heterocycles. The van der Waals surface area contributed by atoms with Gasteiger partial charge < -0.3 is 29.5 Å². The van der Waals surface area contributed by atoms with Crippen molar-refractivity contribution >= 4 is 45.7 Å². The molecular formula is C47H56FN7O5. The molecule has 0 radical (unpaired) electrons. The highest BCUT2D eigenvalue weighted by Crippen LogP contribution is 2.41. The van der Waals surface area contributed by atoms with Gasteiger partial charge in [-0.15, -0.1) is 0 Å². The van der Waals surface area contributed by atoms with Crippen LogP contribution in [0.1, 0.15) is 93.3 Å². The molecular weight excluding hydrogens is 762 g/mol. The van der Waals surface area contributed by atoms with Crippen molar-refractivity contribution in [1.82, 2.24) is 25.1 Å². The molecule has 4 aromatic rings. The SMILES string of the molecule is CC1(C)CC(C=C(c2ccc(N3CCC(O)(CN4CCN(c5ccc6c(c5)CN([C@H]5CCC(=O)NC5=O)C6=O)CC4)CC3)nc2)c2ccc3[nH]cc(F)c3c2)CC(C)(C)O1. The number of anilines is 2. The van der Waals surface area contributed by atoms with E-state index in [0.717, 1.165) is 78.3 Å². The third-order valence-corrected chi connectivity index (χ3v) is 13.2. The number of piperidine rings is 2. The second kappa shape index (κ2) is 15.4. The number of halogens is 1. The molecule has 5 aliphatic rings. The second-order valence-corrected chi connectivity index (χ2v) is 18.9. The van der Waals surface area contributed by atoms with Crippen molar-refractivity contribution in [2.24, 2.45) is 5.92 Å². The summed E-state index contributed by atoms with van der Waals surface area (Å²) in [7, 11) is 0. The summed E-state index contributed by atoms with van der Waals surface area (Å²) in [5.74, 6) is 0.0214. The van der Waals surface area contributed by atoms with Crippen LogP contribution < -0.4 is 15.1 Å². The summed E-state index contributed by atoms with van der Waals surface area (Å²) >= 11 is 0. The minimum absolute atomic E-state index is 0.163. The number of rotatable bonds is 8. The van der Waals surface area contributed by atoms with Crippen LogP contribution in [0.3, 0.4) is 0 Å². The lowest BCUT2D eigenvalue weighted by atomic mass is 9.79. The number of amides is 3. The van der Waals surface area contributed by atoms with Crippen molar-refractivity contribution in [3.63, 3.8) is 0 Å². The molecule has 12 nitrogen and oxygen atoms in total. The minimum atomic E-state index is -0.792. The number of H-pyrrole nitrogens is 1. The van der Waals surface area contributed by atoms with E-state index in [9.17, 15) is 23.9 Å². The Morgan fingerprint density at radius 2 is 1.65 bits per heavy atom. The van der Waals surface area contributed by atoms with Crippen LogP contribution in [0.5, 0.6) is 0 Å². The highest BCUT2D eigenvalue weighted by molar-refractivity contribution is 6.05. The van der Waals surface area contributed by atoms with Crippen molar-refractivity contribution in [3.05, 3.63) is 95.1 Å². The highest BCUT2D eigenvalue weighted by Gasteiger charge is 2.41. The summed E-state index contributed by atoms with van der Waals surface area (Å²) in [4.78, 5) is 53.8. The summed E-state index contributed by atoms with van der Waals surface area (Å²) in [6, 6.07) is 15.4. The number of imide groups is 1. The number of piperazine rings is 1. The number of carbonyl (C=O) groups is 3. The van der Waals surface area contributed by atoms with E-state index in [1.807, 2.05) is 30.5 Å². The van der Waals surface area contributed by atoms with E-state index in [4.69, 9.17) is 9.72 Å². The van der Waals surface area contributed by atoms with Gasteiger partial charge in [-0.05, 0) is 125 Å². The molecule has 5 aliphatic heterocycles. The second-order valence-electron chi connectivity index (χ2n) is 18.9. The molecule has 60 heavy (non-hydrogen) atoms. The van der Waals surface area contributed by atoms with E-state index in [-0.39, 0.29) is 41.2 Å². The molecule has 4 saturated heterocycles. The van der Waals surface area contributed by atoms with Gasteiger partial charge in [0.25, 0.3) is 5.91 Å². The summed E-state index contributed by atoms with van der Waals surface area (Å²) < 4.78 is 21.2. The predicted molar refractivity (Wildman–Crippen MR) is 229 cm³/mol. The number of allylic oxidation sites excluding steroid dienone is 1. The lowest BCUT2D eigenvalue weighted by Crippen LogP contribution is -2.55. The molecule has 0 aliphatic carbocycles. The monoisotopic (exact) mass is 817 g/mol. The first-order valence-electron chi connectivity index (χ1n) is 21.5. The average Bonchev–Trinajstić information content (AvgIpc) is 3.74. The van der Waals surface area contributed by atoms with Gasteiger partial charge in [0.15, 0.2) is 0 Å². The molecule has 3 amide bonds. The Bertz CT molecular complexity index is 2320. The third-order valence-electron chi connectivity index (χ3n) is 13.2. The predicted octanol–water partition coefficient (Wildman–Crippen LogP) is 6.03. The van der Waals surface area contributed by atoms with E-state index < -0.39 is 17.6 Å². The Hall–Kier alpha value is -5.11. The number of hydrogen-bond donors (Lipinski definition) is 3. The summed E-state index contributed by atoms with van der Waals surface area (Å²) in [5.41, 5.74) is 4.97. The van der Waals surface area contributed by atoms with E-state index in [0.29, 0.717) is 56.4 Å². The molecule has 0 saturated carbocycles. The minimum Gasteiger partial charge on any atom is -0.388 e. The zero-order valence-electron chi connectivity index (χ0n) is 35.1. The van der Waals surface area contributed by atoms with Gasteiger partial charge in [-0.25, -0.2) is 9.37 Å². The Balaban J connectivity index is 0.817. The Morgan fingerprint density at radius 1 is 0.917 bits per heavy atom. The summed E-state index contributed by atoms with van der Waals surface area (Å²) in [6.45, 7) is 14.2. The number of β-amino-alcohol motifs (C(OH)–C–C–N with tert-alkyl or cyclic N) is 1. The van der Waals surface area contributed by atoms with Crippen LogP contribution in [0.4, 0.5) is 15.9 Å². The highest BCUT2D eigenvalue weighted by atomic mass is 19.1. The number of carbonyl (C=O) groups excluding carboxylic acids is 3. The number of fused-ring (bicyclic) bond motifs is 2. The van der Waals surface area contributed by atoms with E-state index in [1.54, 1.807) is 4.90 Å². The number of nitrogens with zero attached hydrogens (tertiary/aromatic N) is 5. The summed E-state index contributed by atoms with van der Waals surface area (Å²) in [5, 5.41) is 14.7. The first kappa shape index (κ1) is 40.3. The zero-order valence-corrected chi connectivity index (χ0v) is 35.1. The van der Waals surface area contributed by atoms with Crippen LogP contribution in [-0.2, 0) is 20.9 Å². The van der Waals surface area contributed by atoms with Gasteiger partial charge in [0.2, 0.25) is 11.8 Å². The van der Waals surface area contributed by atoms with Crippen LogP contribution in [0, 0.1) is 11.7 Å². The van der Waals surface area contributed by atoms with Crippen molar-refractivity contribution in [3.8, 4) is 0 Å². The lowest BCUT2D eigenvalue weighted by molar-refractivity contribution is -0.166.